The van der Waals surface area contributed by atoms with Gasteiger partial charge in [0.2, 0.25) is 0 Å². The van der Waals surface area contributed by atoms with Crippen LogP contribution in [0.3, 0.4) is 0 Å². The third-order valence-corrected chi connectivity index (χ3v) is 4.35. The first-order chi connectivity index (χ1) is 13.9. The molecule has 0 aliphatic rings. The van der Waals surface area contributed by atoms with E-state index in [1.54, 1.807) is 0 Å². The quantitative estimate of drug-likeness (QED) is 0.0779. The molecule has 35 heavy (non-hydrogen) atoms. The Kier molecular flexibility index (Phi) is 45.3. The number of aliphatic hydroxyl groups excluding tert-OH is 10. The zero-order valence-electron chi connectivity index (χ0n) is 19.4. The average molecular weight is 598 g/mol. The van der Waals surface area contributed by atoms with Crippen molar-refractivity contribution in [1.29, 1.82) is 0 Å². The summed E-state index contributed by atoms with van der Waals surface area (Å²) in [5.74, 6) is -1.00. The summed E-state index contributed by atoms with van der Waals surface area (Å²) in [6.07, 6.45) is -9.51. The van der Waals surface area contributed by atoms with Crippen molar-refractivity contribution in [1.82, 2.24) is 0 Å². The van der Waals surface area contributed by atoms with Gasteiger partial charge >= 0.3 is 118 Å². The Morgan fingerprint density at radius 2 is 0.886 bits per heavy atom. The van der Waals surface area contributed by atoms with Crippen molar-refractivity contribution in [3.05, 3.63) is 0 Å². The van der Waals surface area contributed by atoms with Crippen molar-refractivity contribution < 1.29 is 207 Å². The third kappa shape index (κ3) is 33.6. The first-order valence-corrected chi connectivity index (χ1v) is 10.6. The number of carbonyl (C=O) groups is 1. The summed E-state index contributed by atoms with van der Waals surface area (Å²) in [5, 5.41) is 85.6. The average Bonchev–Trinajstić information content (AvgIpc) is 2.67. The summed E-state index contributed by atoms with van der Waals surface area (Å²) in [6, 6.07) is 0. The van der Waals surface area contributed by atoms with E-state index in [2.05, 4.69) is 4.31 Å². The molecule has 5 unspecified atom stereocenters. The number of hydrogen-bond donors (Lipinski definition) is 10. The smallest absolute Gasteiger partial charge is 0.790 e. The van der Waals surface area contributed by atoms with Crippen molar-refractivity contribution in [2.24, 2.45) is 0 Å². The molecule has 0 spiro atoms. The van der Waals surface area contributed by atoms with Crippen LogP contribution in [0, 0.1) is 0 Å². The summed E-state index contributed by atoms with van der Waals surface area (Å²) in [6.45, 7) is -2.97. The number of Topliss-reactive ketones (excluding diaryl/α,β-unsaturated/α-hetero) is 1. The van der Waals surface area contributed by atoms with Crippen LogP contribution in [-0.4, -0.2) is 120 Å². The van der Waals surface area contributed by atoms with Crippen molar-refractivity contribution in [2.75, 3.05) is 26.4 Å². The predicted molar refractivity (Wildman–Crippen MR) is 85.7 cm³/mol. The summed E-state index contributed by atoms with van der Waals surface area (Å²) < 4.78 is 21.2. The normalized spacial score (nSPS) is 15.6. The molecule has 0 bridgehead atoms. The van der Waals surface area contributed by atoms with E-state index in [1.807, 2.05) is 0 Å². The molecule has 0 heterocycles. The van der Waals surface area contributed by atoms with Gasteiger partial charge in [-0.2, -0.15) is 0 Å². The minimum atomic E-state index is -5.68. The predicted octanol–water partition coefficient (Wildman–Crippen LogP) is -21.6. The fourth-order valence-electron chi connectivity index (χ4n) is 1.20. The maximum Gasteiger partial charge on any atom is 1.00 e. The molecule has 0 saturated carbocycles. The fraction of sp³-hybridized carbons (Fsp3) is 0.909. The number of ketones is 1. The van der Waals surface area contributed by atoms with Crippen LogP contribution in [0.4, 0.5) is 0 Å². The monoisotopic (exact) mass is 598 g/mol. The van der Waals surface area contributed by atoms with Crippen LogP contribution >= 0.6 is 15.6 Å². The van der Waals surface area contributed by atoms with Gasteiger partial charge in [-0.3, -0.25) is 4.79 Å². The van der Waals surface area contributed by atoms with Crippen molar-refractivity contribution in [3.8, 4) is 0 Å². The number of carbonyl (C=O) groups excluding carboxylic acids is 1. The molecular formula is C11H24Na4O18P2. The standard InChI is InChI=1S/C6H12O6.C5H12O5.4Na.H4O7P2/c7-1-3(9)5(11)6(12)4(10)2-8;6-1-3(8)5(10)4(9)2-7;;;;;1-8(2,3)7-9(4,5)6/h3,5-9,11-12H,1-2H2;3-10H,1-2H2;;;;;(H2,1,2,3)(H2,4,5,6)/q;;4*+1;/p-4. The second kappa shape index (κ2) is 29.0. The molecule has 18 nitrogen and oxygen atoms in total. The molecule has 0 rings (SSSR count). The molecule has 24 heteroatoms. The van der Waals surface area contributed by atoms with Crippen molar-refractivity contribution >= 4 is 21.4 Å². The van der Waals surface area contributed by atoms with E-state index in [9.17, 15) is 33.5 Å². The third-order valence-electron chi connectivity index (χ3n) is 2.75. The summed E-state index contributed by atoms with van der Waals surface area (Å²) in [4.78, 5) is 47.8. The van der Waals surface area contributed by atoms with Gasteiger partial charge < -0.3 is 84.1 Å². The Bertz CT molecular complexity index is 549. The number of hydrogen-bond acceptors (Lipinski definition) is 18. The van der Waals surface area contributed by atoms with Crippen LogP contribution in [0.1, 0.15) is 0 Å². The van der Waals surface area contributed by atoms with E-state index >= 15 is 0 Å². The molecule has 0 aliphatic heterocycles. The number of rotatable bonds is 11. The van der Waals surface area contributed by atoms with Gasteiger partial charge in [0.1, 0.15) is 43.2 Å². The SMILES string of the molecule is O=C(CO)C(O)C(O)C(O)CO.O=P([O-])([O-])OP(=O)([O-])[O-].OCC(O)C(O)C(O)CO.[Na+].[Na+].[Na+].[Na+]. The van der Waals surface area contributed by atoms with E-state index in [0.29, 0.717) is 0 Å². The zero-order valence-corrected chi connectivity index (χ0v) is 29.2. The first-order valence-electron chi connectivity index (χ1n) is 7.68. The van der Waals surface area contributed by atoms with E-state index in [1.165, 1.54) is 0 Å². The zero-order chi connectivity index (χ0) is 25.6. The Balaban J connectivity index is -0.0000000642. The van der Waals surface area contributed by atoms with Gasteiger partial charge in [-0.05, 0) is 0 Å². The van der Waals surface area contributed by atoms with Gasteiger partial charge in [-0.25, -0.2) is 0 Å². The minimum Gasteiger partial charge on any atom is -0.790 e. The van der Waals surface area contributed by atoms with E-state index < -0.39 is 84.5 Å². The van der Waals surface area contributed by atoms with Gasteiger partial charge in [0.15, 0.2) is 5.78 Å². The summed E-state index contributed by atoms with van der Waals surface area (Å²) in [7, 11) is -11.4. The molecule has 0 aliphatic carbocycles. The van der Waals surface area contributed by atoms with Crippen molar-refractivity contribution in [2.45, 2.75) is 36.6 Å². The van der Waals surface area contributed by atoms with Gasteiger partial charge in [0.25, 0.3) is 0 Å². The molecule has 0 aromatic carbocycles. The maximum atomic E-state index is 10.5. The van der Waals surface area contributed by atoms with Crippen LogP contribution in [0.2, 0.25) is 0 Å². The van der Waals surface area contributed by atoms with Crippen LogP contribution in [-0.2, 0) is 18.2 Å². The molecule has 0 saturated heterocycles. The number of aliphatic hydroxyl groups is 10. The summed E-state index contributed by atoms with van der Waals surface area (Å²) in [5.41, 5.74) is 0. The van der Waals surface area contributed by atoms with Crippen LogP contribution < -0.4 is 138 Å². The Morgan fingerprint density at radius 3 is 1.06 bits per heavy atom. The second-order valence-corrected chi connectivity index (χ2v) is 7.72. The Hall–Kier alpha value is 3.53. The molecule has 0 amide bonds. The van der Waals surface area contributed by atoms with Gasteiger partial charge in [0, 0.05) is 0 Å². The van der Waals surface area contributed by atoms with Crippen molar-refractivity contribution in [3.63, 3.8) is 0 Å². The number of phosphoric acid groups is 2. The van der Waals surface area contributed by atoms with Crippen LogP contribution in [0.15, 0.2) is 0 Å². The molecule has 10 N–H and O–H groups in total. The molecule has 0 aromatic heterocycles. The Labute approximate surface area is 288 Å². The molecule has 5 atom stereocenters. The molecule has 0 fully saturated rings. The van der Waals surface area contributed by atoms with Gasteiger partial charge in [-0.1, -0.05) is 0 Å². The minimum absolute atomic E-state index is 0. The van der Waals surface area contributed by atoms with Gasteiger partial charge in [0.05, 0.1) is 35.5 Å². The fourth-order valence-corrected chi connectivity index (χ4v) is 2.18. The van der Waals surface area contributed by atoms with Crippen LogP contribution in [0.25, 0.3) is 0 Å². The molecule has 190 valence electrons. The van der Waals surface area contributed by atoms with E-state index in [0.717, 1.165) is 0 Å². The Morgan fingerprint density at radius 1 is 0.629 bits per heavy atom. The van der Waals surface area contributed by atoms with E-state index in [-0.39, 0.29) is 118 Å². The van der Waals surface area contributed by atoms with Crippen LogP contribution in [0.5, 0.6) is 0 Å². The first kappa shape index (κ1) is 54.6. The van der Waals surface area contributed by atoms with E-state index in [4.69, 9.17) is 51.1 Å². The molecular weight excluding hydrogens is 574 g/mol. The molecule has 0 radical (unpaired) electrons. The topological polar surface area (TPSA) is 355 Å². The van der Waals surface area contributed by atoms with Gasteiger partial charge in [-0.15, -0.1) is 0 Å². The summed E-state index contributed by atoms with van der Waals surface area (Å²) >= 11 is 0. The molecule has 0 aromatic rings. The second-order valence-electron chi connectivity index (χ2n) is 5.28. The maximum absolute atomic E-state index is 10.5. The largest absolute Gasteiger partial charge is 1.00 e.